The van der Waals surface area contributed by atoms with E-state index in [1.165, 1.54) is 0 Å². The number of esters is 1. The number of ether oxygens (including phenoxy) is 1. The van der Waals surface area contributed by atoms with E-state index in [1.807, 2.05) is 37.7 Å². The number of allylic oxidation sites excluding steroid dienone is 1. The van der Waals surface area contributed by atoms with Crippen LogP contribution in [-0.2, 0) is 9.53 Å². The van der Waals surface area contributed by atoms with Crippen LogP contribution in [0, 0.1) is 0 Å². The molecule has 0 saturated heterocycles. The van der Waals surface area contributed by atoms with Crippen LogP contribution < -0.4 is 0 Å². The van der Waals surface area contributed by atoms with Crippen molar-refractivity contribution in [2.24, 2.45) is 0 Å². The maximum Gasteiger partial charge on any atom is 0.349 e. The third-order valence-electron chi connectivity index (χ3n) is 1.53. The standard InChI is InChI=1S/C10H15N2O2/c1-11(2)6-8-5-9(7-12(3)4)14-10(8)13/h5-7H,1-4H3/q+1. The number of carbonyl (C=O) groups excluding carboxylic acids is 1. The molecule has 0 spiro atoms. The second kappa shape index (κ2) is 4.09. The molecular weight excluding hydrogens is 180 g/mol. The maximum atomic E-state index is 11.3. The molecule has 14 heavy (non-hydrogen) atoms. The van der Waals surface area contributed by atoms with Gasteiger partial charge in [0.1, 0.15) is 25.4 Å². The van der Waals surface area contributed by atoms with Crippen molar-refractivity contribution in [3.63, 3.8) is 0 Å². The van der Waals surface area contributed by atoms with Gasteiger partial charge in [-0.1, -0.05) is 0 Å². The molecule has 1 heterocycles. The first-order valence-corrected chi connectivity index (χ1v) is 4.32. The third-order valence-corrected chi connectivity index (χ3v) is 1.53. The minimum atomic E-state index is -0.299. The number of hydrogen-bond acceptors (Lipinski definition) is 3. The highest BCUT2D eigenvalue weighted by Gasteiger charge is 2.21. The molecule has 4 nitrogen and oxygen atoms in total. The zero-order valence-corrected chi connectivity index (χ0v) is 8.94. The van der Waals surface area contributed by atoms with Gasteiger partial charge in [0.05, 0.1) is 0 Å². The second-order valence-corrected chi connectivity index (χ2v) is 3.58. The molecule has 0 saturated carbocycles. The largest absolute Gasteiger partial charge is 0.421 e. The molecule has 1 aliphatic rings. The van der Waals surface area contributed by atoms with E-state index in [9.17, 15) is 4.79 Å². The quantitative estimate of drug-likeness (QED) is 0.359. The van der Waals surface area contributed by atoms with Gasteiger partial charge in [-0.3, -0.25) is 0 Å². The predicted octanol–water partition coefficient (Wildman–Crippen LogP) is 0.216. The lowest BCUT2D eigenvalue weighted by atomic mass is 10.3. The Hall–Kier alpha value is -1.58. The van der Waals surface area contributed by atoms with E-state index in [2.05, 4.69) is 0 Å². The van der Waals surface area contributed by atoms with Crippen molar-refractivity contribution in [1.82, 2.24) is 4.90 Å². The highest BCUT2D eigenvalue weighted by Crippen LogP contribution is 2.15. The SMILES string of the molecule is CN(C)/C=C1/C=C(C=[N+](C)C)C(=O)O1. The van der Waals surface area contributed by atoms with Gasteiger partial charge in [0.25, 0.3) is 0 Å². The Balaban J connectivity index is 2.88. The number of nitrogens with zero attached hydrogens (tertiary/aromatic N) is 2. The van der Waals surface area contributed by atoms with Gasteiger partial charge in [-0.25, -0.2) is 9.37 Å². The van der Waals surface area contributed by atoms with E-state index in [0.717, 1.165) is 0 Å². The molecule has 4 heteroatoms. The van der Waals surface area contributed by atoms with Crippen molar-refractivity contribution < 1.29 is 14.1 Å². The molecular formula is C10H15N2O2+. The number of carbonyl (C=O) groups is 1. The first kappa shape index (κ1) is 10.5. The Morgan fingerprint density at radius 3 is 2.57 bits per heavy atom. The average molecular weight is 195 g/mol. The molecule has 0 aromatic rings. The Bertz CT molecular complexity index is 334. The van der Waals surface area contributed by atoms with Crippen molar-refractivity contribution in [3.8, 4) is 0 Å². The van der Waals surface area contributed by atoms with Crippen LogP contribution in [0.1, 0.15) is 0 Å². The van der Waals surface area contributed by atoms with Crippen LogP contribution in [0.25, 0.3) is 0 Å². The van der Waals surface area contributed by atoms with E-state index in [-0.39, 0.29) is 5.97 Å². The zero-order chi connectivity index (χ0) is 10.7. The molecule has 1 rings (SSSR count). The van der Waals surface area contributed by atoms with Gasteiger partial charge in [-0.2, -0.15) is 0 Å². The lowest BCUT2D eigenvalue weighted by Gasteiger charge is -2.04. The molecule has 76 valence electrons. The molecule has 0 amide bonds. The van der Waals surface area contributed by atoms with Crippen molar-refractivity contribution in [3.05, 3.63) is 23.6 Å². The van der Waals surface area contributed by atoms with Crippen LogP contribution >= 0.6 is 0 Å². The van der Waals surface area contributed by atoms with Gasteiger partial charge >= 0.3 is 5.97 Å². The monoisotopic (exact) mass is 195 g/mol. The molecule has 0 unspecified atom stereocenters. The lowest BCUT2D eigenvalue weighted by molar-refractivity contribution is -0.458. The van der Waals surface area contributed by atoms with Crippen molar-refractivity contribution in [2.75, 3.05) is 28.2 Å². The number of hydrogen-bond donors (Lipinski definition) is 0. The van der Waals surface area contributed by atoms with Gasteiger partial charge in [-0.15, -0.1) is 0 Å². The summed E-state index contributed by atoms with van der Waals surface area (Å²) in [5.41, 5.74) is 0.572. The maximum absolute atomic E-state index is 11.3. The molecule has 0 N–H and O–H groups in total. The normalized spacial score (nSPS) is 17.9. The average Bonchev–Trinajstić information content (AvgIpc) is 2.28. The Morgan fingerprint density at radius 1 is 1.43 bits per heavy atom. The summed E-state index contributed by atoms with van der Waals surface area (Å²) in [6, 6.07) is 0. The van der Waals surface area contributed by atoms with Crippen LogP contribution in [0.15, 0.2) is 23.6 Å². The molecule has 1 aliphatic heterocycles. The van der Waals surface area contributed by atoms with E-state index in [1.54, 1.807) is 18.5 Å². The Kier molecular flexibility index (Phi) is 3.06. The molecule has 0 aliphatic carbocycles. The summed E-state index contributed by atoms with van der Waals surface area (Å²) in [5.74, 6) is 0.278. The van der Waals surface area contributed by atoms with E-state index < -0.39 is 0 Å². The van der Waals surface area contributed by atoms with Crippen LogP contribution in [0.5, 0.6) is 0 Å². The molecule has 0 radical (unpaired) electrons. The minimum absolute atomic E-state index is 0.299. The molecule has 0 fully saturated rings. The van der Waals surface area contributed by atoms with Gasteiger partial charge in [0.15, 0.2) is 6.21 Å². The van der Waals surface area contributed by atoms with Gasteiger partial charge < -0.3 is 9.64 Å². The highest BCUT2D eigenvalue weighted by atomic mass is 16.5. The second-order valence-electron chi connectivity index (χ2n) is 3.58. The van der Waals surface area contributed by atoms with Crippen LogP contribution in [-0.4, -0.2) is 49.9 Å². The van der Waals surface area contributed by atoms with E-state index in [4.69, 9.17) is 4.74 Å². The first-order valence-electron chi connectivity index (χ1n) is 4.32. The summed E-state index contributed by atoms with van der Waals surface area (Å²) in [4.78, 5) is 13.1. The highest BCUT2D eigenvalue weighted by molar-refractivity contribution is 6.10. The third kappa shape index (κ3) is 2.73. The summed E-state index contributed by atoms with van der Waals surface area (Å²) in [7, 11) is 7.48. The van der Waals surface area contributed by atoms with Crippen LogP contribution in [0.3, 0.4) is 0 Å². The summed E-state index contributed by atoms with van der Waals surface area (Å²) in [5, 5.41) is 0. The lowest BCUT2D eigenvalue weighted by Crippen LogP contribution is -2.07. The summed E-state index contributed by atoms with van der Waals surface area (Å²) in [6.07, 6.45) is 5.22. The summed E-state index contributed by atoms with van der Waals surface area (Å²) < 4.78 is 6.83. The molecule has 0 aromatic heterocycles. The molecule has 0 aromatic carbocycles. The Morgan fingerprint density at radius 2 is 2.07 bits per heavy atom. The molecule has 0 atom stereocenters. The van der Waals surface area contributed by atoms with Crippen LogP contribution in [0.4, 0.5) is 0 Å². The van der Waals surface area contributed by atoms with Crippen LogP contribution in [0.2, 0.25) is 0 Å². The summed E-state index contributed by atoms with van der Waals surface area (Å²) >= 11 is 0. The van der Waals surface area contributed by atoms with E-state index in [0.29, 0.717) is 11.3 Å². The Labute approximate surface area is 83.8 Å². The number of cyclic esters (lactones) is 1. The fourth-order valence-electron chi connectivity index (χ4n) is 1.09. The van der Waals surface area contributed by atoms with Crippen molar-refractivity contribution >= 4 is 12.2 Å². The van der Waals surface area contributed by atoms with Crippen molar-refractivity contribution in [1.29, 1.82) is 0 Å². The minimum Gasteiger partial charge on any atom is -0.421 e. The topological polar surface area (TPSA) is 32.5 Å². The van der Waals surface area contributed by atoms with Gasteiger partial charge in [-0.05, 0) is 0 Å². The first-order chi connectivity index (χ1) is 6.49. The van der Waals surface area contributed by atoms with Gasteiger partial charge in [0, 0.05) is 26.4 Å². The number of rotatable bonds is 2. The fourth-order valence-corrected chi connectivity index (χ4v) is 1.09. The fraction of sp³-hybridized carbons (Fsp3) is 0.400. The zero-order valence-electron chi connectivity index (χ0n) is 8.94. The van der Waals surface area contributed by atoms with Crippen molar-refractivity contribution in [2.45, 2.75) is 0 Å². The molecule has 0 bridgehead atoms. The predicted molar refractivity (Wildman–Crippen MR) is 54.1 cm³/mol. The van der Waals surface area contributed by atoms with E-state index >= 15 is 0 Å². The summed E-state index contributed by atoms with van der Waals surface area (Å²) in [6.45, 7) is 0. The van der Waals surface area contributed by atoms with Gasteiger partial charge in [0.2, 0.25) is 0 Å². The smallest absolute Gasteiger partial charge is 0.349 e.